The van der Waals surface area contributed by atoms with Crippen LogP contribution in [-0.2, 0) is 23.2 Å². The van der Waals surface area contributed by atoms with Crippen LogP contribution in [0.1, 0.15) is 36.8 Å². The van der Waals surface area contributed by atoms with Crippen molar-refractivity contribution < 1.29 is 13.5 Å². The predicted octanol–water partition coefficient (Wildman–Crippen LogP) is 1.43. The Labute approximate surface area is 127 Å². The van der Waals surface area contributed by atoms with Gasteiger partial charge >= 0.3 is 0 Å². The third-order valence-corrected chi connectivity index (χ3v) is 5.37. The van der Waals surface area contributed by atoms with Gasteiger partial charge in [-0.2, -0.15) is 12.7 Å². The average Bonchev–Trinajstić information content (AvgIpc) is 2.50. The zero-order chi connectivity index (χ0) is 15.1. The maximum atomic E-state index is 12.3. The second-order valence-corrected chi connectivity index (χ2v) is 7.14. The second-order valence-electron chi connectivity index (χ2n) is 5.39. The second kappa shape index (κ2) is 7.89. The molecule has 1 aliphatic rings. The van der Waals surface area contributed by atoms with E-state index in [4.69, 9.17) is 5.11 Å². The van der Waals surface area contributed by atoms with Crippen LogP contribution >= 0.6 is 0 Å². The minimum atomic E-state index is -3.38. The Hall–Kier alpha value is -0.950. The van der Waals surface area contributed by atoms with Gasteiger partial charge in [-0.15, -0.1) is 0 Å². The van der Waals surface area contributed by atoms with E-state index in [1.807, 2.05) is 18.2 Å². The molecular weight excluding hydrogens is 288 g/mol. The molecule has 0 bridgehead atoms. The van der Waals surface area contributed by atoms with E-state index in [-0.39, 0.29) is 6.61 Å². The molecular formula is C15H24N2O3S. The van der Waals surface area contributed by atoms with Crippen molar-refractivity contribution in [3.05, 3.63) is 35.4 Å². The molecule has 1 aromatic rings. The first-order valence-corrected chi connectivity index (χ1v) is 9.00. The Morgan fingerprint density at radius 1 is 1.10 bits per heavy atom. The van der Waals surface area contributed by atoms with Crippen LogP contribution in [0.2, 0.25) is 0 Å². The van der Waals surface area contributed by atoms with Gasteiger partial charge in [-0.3, -0.25) is 0 Å². The first-order valence-electron chi connectivity index (χ1n) is 7.56. The third-order valence-electron chi connectivity index (χ3n) is 3.80. The highest BCUT2D eigenvalue weighted by Gasteiger charge is 2.25. The smallest absolute Gasteiger partial charge is 0.279 e. The first kappa shape index (κ1) is 16.4. The van der Waals surface area contributed by atoms with Crippen molar-refractivity contribution in [1.82, 2.24) is 9.03 Å². The fourth-order valence-corrected chi connectivity index (χ4v) is 3.78. The lowest BCUT2D eigenvalue weighted by Gasteiger charge is -2.28. The molecule has 0 aliphatic carbocycles. The maximum Gasteiger partial charge on any atom is 0.279 e. The lowest BCUT2D eigenvalue weighted by Crippen LogP contribution is -2.43. The Kier molecular flexibility index (Phi) is 6.17. The SMILES string of the molecule is O=S(=O)(NCCCCCCO)N1CCc2ccccc2C1. The van der Waals surface area contributed by atoms with Gasteiger partial charge < -0.3 is 5.11 Å². The fraction of sp³-hybridized carbons (Fsp3) is 0.600. The average molecular weight is 312 g/mol. The molecule has 1 aromatic carbocycles. The van der Waals surface area contributed by atoms with Gasteiger partial charge in [0.2, 0.25) is 0 Å². The number of rotatable bonds is 8. The summed E-state index contributed by atoms with van der Waals surface area (Å²) < 4.78 is 28.7. The molecule has 0 fully saturated rings. The van der Waals surface area contributed by atoms with Crippen LogP contribution in [0.4, 0.5) is 0 Å². The van der Waals surface area contributed by atoms with Crippen molar-refractivity contribution in [3.8, 4) is 0 Å². The number of aliphatic hydroxyl groups excluding tert-OH is 1. The summed E-state index contributed by atoms with van der Waals surface area (Å²) >= 11 is 0. The van der Waals surface area contributed by atoms with Gasteiger partial charge in [-0.1, -0.05) is 37.1 Å². The number of hydrogen-bond donors (Lipinski definition) is 2. The van der Waals surface area contributed by atoms with Crippen LogP contribution in [0.15, 0.2) is 24.3 Å². The lowest BCUT2D eigenvalue weighted by atomic mass is 10.0. The standard InChI is InChI=1S/C15H24N2O3S/c18-12-6-2-1-5-10-16-21(19,20)17-11-9-14-7-3-4-8-15(14)13-17/h3-4,7-8,16,18H,1-2,5-6,9-13H2. The third kappa shape index (κ3) is 4.78. The lowest BCUT2D eigenvalue weighted by molar-refractivity contribution is 0.282. The molecule has 2 N–H and O–H groups in total. The van der Waals surface area contributed by atoms with E-state index in [1.54, 1.807) is 0 Å². The van der Waals surface area contributed by atoms with Crippen LogP contribution in [0, 0.1) is 0 Å². The van der Waals surface area contributed by atoms with Crippen molar-refractivity contribution in [2.45, 2.75) is 38.6 Å². The van der Waals surface area contributed by atoms with Crippen molar-refractivity contribution in [3.63, 3.8) is 0 Å². The van der Waals surface area contributed by atoms with E-state index < -0.39 is 10.2 Å². The Morgan fingerprint density at radius 2 is 1.81 bits per heavy atom. The number of fused-ring (bicyclic) bond motifs is 1. The molecule has 1 heterocycles. The van der Waals surface area contributed by atoms with Gasteiger partial charge in [-0.25, -0.2) is 4.72 Å². The summed E-state index contributed by atoms with van der Waals surface area (Å²) in [6.07, 6.45) is 4.24. The Balaban J connectivity index is 1.81. The molecule has 0 radical (unpaired) electrons. The molecule has 21 heavy (non-hydrogen) atoms. The first-order chi connectivity index (χ1) is 10.1. The topological polar surface area (TPSA) is 69.6 Å². The Bertz CT molecular complexity index is 546. The van der Waals surface area contributed by atoms with Gasteiger partial charge in [-0.05, 0) is 30.4 Å². The fourth-order valence-electron chi connectivity index (χ4n) is 2.56. The monoisotopic (exact) mass is 312 g/mol. The number of aliphatic hydroxyl groups is 1. The van der Waals surface area contributed by atoms with Gasteiger partial charge in [0, 0.05) is 26.2 Å². The molecule has 6 heteroatoms. The molecule has 0 saturated heterocycles. The summed E-state index contributed by atoms with van der Waals surface area (Å²) in [4.78, 5) is 0. The minimum Gasteiger partial charge on any atom is -0.396 e. The van der Waals surface area contributed by atoms with Crippen LogP contribution in [0.3, 0.4) is 0 Å². The molecule has 0 atom stereocenters. The summed E-state index contributed by atoms with van der Waals surface area (Å²) in [5, 5.41) is 8.68. The summed E-state index contributed by atoms with van der Waals surface area (Å²) in [6.45, 7) is 1.66. The molecule has 0 saturated carbocycles. The Morgan fingerprint density at radius 3 is 2.57 bits per heavy atom. The highest BCUT2D eigenvalue weighted by atomic mass is 32.2. The highest BCUT2D eigenvalue weighted by Crippen LogP contribution is 2.20. The van der Waals surface area contributed by atoms with Gasteiger partial charge in [0.15, 0.2) is 0 Å². The number of benzene rings is 1. The van der Waals surface area contributed by atoms with Gasteiger partial charge in [0.1, 0.15) is 0 Å². The maximum absolute atomic E-state index is 12.3. The molecule has 0 unspecified atom stereocenters. The number of unbranched alkanes of at least 4 members (excludes halogenated alkanes) is 3. The van der Waals surface area contributed by atoms with E-state index in [9.17, 15) is 8.42 Å². The quantitative estimate of drug-likeness (QED) is 0.714. The summed E-state index contributed by atoms with van der Waals surface area (Å²) in [5.41, 5.74) is 2.34. The molecule has 0 aromatic heterocycles. The summed E-state index contributed by atoms with van der Waals surface area (Å²) in [5.74, 6) is 0. The van der Waals surface area contributed by atoms with Gasteiger partial charge in [0.25, 0.3) is 10.2 Å². The van der Waals surface area contributed by atoms with Crippen LogP contribution in [0.25, 0.3) is 0 Å². The van der Waals surface area contributed by atoms with Crippen molar-refractivity contribution in [1.29, 1.82) is 0 Å². The van der Waals surface area contributed by atoms with E-state index >= 15 is 0 Å². The molecule has 1 aliphatic heterocycles. The highest BCUT2D eigenvalue weighted by molar-refractivity contribution is 7.87. The van der Waals surface area contributed by atoms with Crippen LogP contribution in [-0.4, -0.2) is 37.5 Å². The molecule has 0 spiro atoms. The summed E-state index contributed by atoms with van der Waals surface area (Å²) in [6, 6.07) is 8.00. The molecule has 5 nitrogen and oxygen atoms in total. The van der Waals surface area contributed by atoms with E-state index in [0.29, 0.717) is 19.6 Å². The molecule has 2 rings (SSSR count). The van der Waals surface area contributed by atoms with Crippen LogP contribution < -0.4 is 4.72 Å². The van der Waals surface area contributed by atoms with Crippen molar-refractivity contribution in [2.75, 3.05) is 19.7 Å². The molecule has 0 amide bonds. The van der Waals surface area contributed by atoms with E-state index in [1.165, 1.54) is 9.87 Å². The number of nitrogens with one attached hydrogen (secondary N) is 1. The number of nitrogens with zero attached hydrogens (tertiary/aromatic N) is 1. The normalized spacial score (nSPS) is 15.9. The zero-order valence-corrected chi connectivity index (χ0v) is 13.1. The minimum absolute atomic E-state index is 0.207. The van der Waals surface area contributed by atoms with Gasteiger partial charge in [0.05, 0.1) is 0 Å². The van der Waals surface area contributed by atoms with E-state index in [2.05, 4.69) is 10.8 Å². The molecule has 118 valence electrons. The summed E-state index contributed by atoms with van der Waals surface area (Å²) in [7, 11) is -3.38. The zero-order valence-electron chi connectivity index (χ0n) is 12.3. The van der Waals surface area contributed by atoms with Crippen molar-refractivity contribution >= 4 is 10.2 Å². The number of hydrogen-bond acceptors (Lipinski definition) is 3. The van der Waals surface area contributed by atoms with Crippen LogP contribution in [0.5, 0.6) is 0 Å². The predicted molar refractivity (Wildman–Crippen MR) is 83.0 cm³/mol. The largest absolute Gasteiger partial charge is 0.396 e. The van der Waals surface area contributed by atoms with Crippen molar-refractivity contribution in [2.24, 2.45) is 0 Å². The van der Waals surface area contributed by atoms with E-state index in [0.717, 1.165) is 37.7 Å².